The van der Waals surface area contributed by atoms with Gasteiger partial charge in [0, 0.05) is 24.1 Å². The van der Waals surface area contributed by atoms with Gasteiger partial charge in [-0.2, -0.15) is 0 Å². The van der Waals surface area contributed by atoms with Crippen LogP contribution in [0.2, 0.25) is 0 Å². The van der Waals surface area contributed by atoms with Gasteiger partial charge < -0.3 is 19.4 Å². The molecule has 3 rings (SSSR count). The van der Waals surface area contributed by atoms with E-state index in [-0.39, 0.29) is 16.6 Å². The Hall–Kier alpha value is -3.89. The molecule has 8 nitrogen and oxygen atoms in total. The van der Waals surface area contributed by atoms with E-state index in [9.17, 15) is 27.6 Å². The summed E-state index contributed by atoms with van der Waals surface area (Å²) in [5.41, 5.74) is 0.504. The van der Waals surface area contributed by atoms with Crippen molar-refractivity contribution in [1.82, 2.24) is 9.55 Å². The molecular weight excluding hydrogens is 431 g/mol. The molecule has 1 aromatic carbocycles. The van der Waals surface area contributed by atoms with Gasteiger partial charge in [0.15, 0.2) is 6.61 Å². The maximum atomic E-state index is 12.7. The van der Waals surface area contributed by atoms with Gasteiger partial charge in [-0.1, -0.05) is 0 Å². The predicted octanol–water partition coefficient (Wildman–Crippen LogP) is 3.42. The number of nitrogens with one attached hydrogen (secondary N) is 1. The Balaban J connectivity index is 1.67. The third-order valence-electron chi connectivity index (χ3n) is 4.33. The minimum Gasteiger partial charge on any atom is -0.452 e. The van der Waals surface area contributed by atoms with Crippen LogP contribution in [0.25, 0.3) is 11.0 Å². The number of benzene rings is 1. The van der Waals surface area contributed by atoms with Crippen LogP contribution in [0.4, 0.5) is 18.9 Å². The van der Waals surface area contributed by atoms with Crippen LogP contribution in [0.1, 0.15) is 23.0 Å². The molecule has 0 aliphatic heterocycles. The van der Waals surface area contributed by atoms with Crippen LogP contribution in [0.5, 0.6) is 5.75 Å². The third-order valence-corrected chi connectivity index (χ3v) is 4.33. The Kier molecular flexibility index (Phi) is 6.47. The second-order valence-electron chi connectivity index (χ2n) is 6.68. The van der Waals surface area contributed by atoms with Crippen LogP contribution in [0.3, 0.4) is 0 Å². The second-order valence-corrected chi connectivity index (χ2v) is 6.68. The summed E-state index contributed by atoms with van der Waals surface area (Å²) in [5.74, 6) is -2.17. The summed E-state index contributed by atoms with van der Waals surface area (Å²) in [4.78, 5) is 41.4. The van der Waals surface area contributed by atoms with Gasteiger partial charge in [-0.05, 0) is 50.2 Å². The lowest BCUT2D eigenvalue weighted by Gasteiger charge is -2.12. The van der Waals surface area contributed by atoms with Crippen molar-refractivity contribution in [3.63, 3.8) is 0 Å². The van der Waals surface area contributed by atoms with Crippen molar-refractivity contribution in [2.45, 2.75) is 26.8 Å². The van der Waals surface area contributed by atoms with E-state index in [0.717, 1.165) is 12.1 Å². The summed E-state index contributed by atoms with van der Waals surface area (Å²) in [6.45, 7) is 3.35. The highest BCUT2D eigenvalue weighted by Gasteiger charge is 2.31. The Bertz CT molecular complexity index is 1220. The van der Waals surface area contributed by atoms with Crippen LogP contribution in [-0.2, 0) is 16.1 Å². The van der Waals surface area contributed by atoms with Crippen LogP contribution >= 0.6 is 0 Å². The first-order valence-electron chi connectivity index (χ1n) is 9.41. The van der Waals surface area contributed by atoms with Gasteiger partial charge in [-0.25, -0.2) is 9.78 Å². The number of halogens is 3. The van der Waals surface area contributed by atoms with E-state index in [1.54, 1.807) is 23.6 Å². The van der Waals surface area contributed by atoms with Crippen molar-refractivity contribution < 1.29 is 32.2 Å². The molecule has 0 saturated heterocycles. The van der Waals surface area contributed by atoms with Crippen LogP contribution in [-0.4, -0.2) is 34.4 Å². The molecular formula is C21H18F3N3O5. The molecule has 0 atom stereocenters. The predicted molar refractivity (Wildman–Crippen MR) is 108 cm³/mol. The second kappa shape index (κ2) is 9.08. The molecule has 1 amide bonds. The Morgan fingerprint density at radius 2 is 1.81 bits per heavy atom. The molecule has 0 fully saturated rings. The van der Waals surface area contributed by atoms with E-state index in [0.29, 0.717) is 17.9 Å². The molecule has 3 aromatic rings. The number of aryl methyl sites for hydroxylation is 2. The number of hydrogen-bond acceptors (Lipinski definition) is 6. The molecule has 0 bridgehead atoms. The number of ether oxygens (including phenoxy) is 2. The smallest absolute Gasteiger partial charge is 0.452 e. The Morgan fingerprint density at radius 3 is 2.44 bits per heavy atom. The Labute approximate surface area is 179 Å². The number of hydrogen-bond donors (Lipinski definition) is 1. The average Bonchev–Trinajstić information content (AvgIpc) is 2.72. The summed E-state index contributed by atoms with van der Waals surface area (Å²) >= 11 is 0. The molecule has 1 N–H and O–H groups in total. The lowest BCUT2D eigenvalue weighted by Crippen LogP contribution is -2.25. The average molecular weight is 449 g/mol. The highest BCUT2D eigenvalue weighted by atomic mass is 19.4. The van der Waals surface area contributed by atoms with Crippen molar-refractivity contribution in [3.05, 3.63) is 64.1 Å². The minimum absolute atomic E-state index is 0.168. The summed E-state index contributed by atoms with van der Waals surface area (Å²) in [6.07, 6.45) is -3.50. The molecule has 0 unspecified atom stereocenters. The zero-order chi connectivity index (χ0) is 23.5. The van der Waals surface area contributed by atoms with Gasteiger partial charge in [0.05, 0.1) is 5.39 Å². The van der Waals surface area contributed by atoms with E-state index in [4.69, 9.17) is 4.74 Å². The van der Waals surface area contributed by atoms with Gasteiger partial charge in [0.1, 0.15) is 17.0 Å². The molecule has 0 spiro atoms. The van der Waals surface area contributed by atoms with Crippen LogP contribution in [0.15, 0.2) is 47.4 Å². The fraction of sp³-hybridized carbons (Fsp3) is 0.238. The standard InChI is InChI=1S/C21H18F3N3O5/c1-3-27-10-16(18(29)15-9-4-12(2)25-19(15)27)20(30)31-11-17(28)26-13-5-7-14(8-6-13)32-21(22,23)24/h4-10H,3,11H2,1-2H3,(H,26,28). The molecule has 2 aromatic heterocycles. The number of carbonyl (C=O) groups is 2. The monoisotopic (exact) mass is 449 g/mol. The SMILES string of the molecule is CCn1cc(C(=O)OCC(=O)Nc2ccc(OC(F)(F)F)cc2)c(=O)c2ccc(C)nc21. The van der Waals surface area contributed by atoms with Crippen molar-refractivity contribution >= 4 is 28.6 Å². The molecule has 0 aliphatic rings. The summed E-state index contributed by atoms with van der Waals surface area (Å²) in [7, 11) is 0. The number of alkyl halides is 3. The molecule has 0 aliphatic carbocycles. The van der Waals surface area contributed by atoms with Crippen molar-refractivity contribution in [2.75, 3.05) is 11.9 Å². The number of fused-ring (bicyclic) bond motifs is 1. The fourth-order valence-corrected chi connectivity index (χ4v) is 2.89. The fourth-order valence-electron chi connectivity index (χ4n) is 2.89. The molecule has 2 heterocycles. The number of carbonyl (C=O) groups excluding carboxylic acids is 2. The van der Waals surface area contributed by atoms with Gasteiger partial charge in [-0.15, -0.1) is 13.2 Å². The number of anilines is 1. The van der Waals surface area contributed by atoms with E-state index in [2.05, 4.69) is 15.0 Å². The van der Waals surface area contributed by atoms with E-state index < -0.39 is 36.0 Å². The number of pyridine rings is 2. The summed E-state index contributed by atoms with van der Waals surface area (Å²) in [5, 5.41) is 2.61. The first-order valence-corrected chi connectivity index (χ1v) is 9.41. The highest BCUT2D eigenvalue weighted by Crippen LogP contribution is 2.24. The summed E-state index contributed by atoms with van der Waals surface area (Å²) in [6, 6.07) is 7.65. The largest absolute Gasteiger partial charge is 0.573 e. The van der Waals surface area contributed by atoms with Crippen molar-refractivity contribution in [3.8, 4) is 5.75 Å². The van der Waals surface area contributed by atoms with Crippen molar-refractivity contribution in [2.24, 2.45) is 0 Å². The molecule has 11 heteroatoms. The lowest BCUT2D eigenvalue weighted by molar-refractivity contribution is -0.274. The third kappa shape index (κ3) is 5.42. The normalized spacial score (nSPS) is 11.3. The first-order chi connectivity index (χ1) is 15.1. The molecule has 32 heavy (non-hydrogen) atoms. The number of rotatable bonds is 6. The maximum absolute atomic E-state index is 12.7. The molecule has 0 saturated carbocycles. The van der Waals surface area contributed by atoms with Gasteiger partial charge in [-0.3, -0.25) is 9.59 Å². The van der Waals surface area contributed by atoms with Crippen LogP contribution in [0, 0.1) is 6.92 Å². The Morgan fingerprint density at radius 1 is 1.12 bits per heavy atom. The minimum atomic E-state index is -4.83. The first kappa shape index (κ1) is 22.8. The number of nitrogens with zero attached hydrogens (tertiary/aromatic N) is 2. The molecule has 168 valence electrons. The zero-order valence-corrected chi connectivity index (χ0v) is 17.0. The maximum Gasteiger partial charge on any atom is 0.573 e. The topological polar surface area (TPSA) is 99.5 Å². The van der Waals surface area contributed by atoms with Crippen molar-refractivity contribution in [1.29, 1.82) is 0 Å². The zero-order valence-electron chi connectivity index (χ0n) is 17.0. The number of esters is 1. The van der Waals surface area contributed by atoms with Gasteiger partial charge >= 0.3 is 12.3 Å². The molecule has 0 radical (unpaired) electrons. The summed E-state index contributed by atoms with van der Waals surface area (Å²) < 4.78 is 46.9. The van der Waals surface area contributed by atoms with E-state index in [1.807, 2.05) is 6.92 Å². The van der Waals surface area contributed by atoms with Gasteiger partial charge in [0.2, 0.25) is 5.43 Å². The quantitative estimate of drug-likeness (QED) is 0.579. The number of aromatic nitrogens is 2. The van der Waals surface area contributed by atoms with E-state index >= 15 is 0 Å². The highest BCUT2D eigenvalue weighted by molar-refractivity contribution is 5.96. The van der Waals surface area contributed by atoms with Crippen LogP contribution < -0.4 is 15.5 Å². The lowest BCUT2D eigenvalue weighted by atomic mass is 10.2. The van der Waals surface area contributed by atoms with Gasteiger partial charge in [0.25, 0.3) is 5.91 Å². The van der Waals surface area contributed by atoms with E-state index in [1.165, 1.54) is 18.3 Å². The number of amides is 1.